The summed E-state index contributed by atoms with van der Waals surface area (Å²) in [6.45, 7) is 0. The Hall–Kier alpha value is -0.900. The largest absolute Gasteiger partial charge is 0.480 e. The van der Waals surface area contributed by atoms with Gasteiger partial charge in [-0.15, -0.1) is 0 Å². The molecule has 0 rings (SSSR count). The summed E-state index contributed by atoms with van der Waals surface area (Å²) in [5, 5.41) is 10.8. The molecule has 52 valence electrons. The monoisotopic (exact) mass is 131 g/mol. The van der Waals surface area contributed by atoms with Crippen LogP contribution in [0.4, 0.5) is 0 Å². The molecule has 0 aliphatic heterocycles. The zero-order valence-corrected chi connectivity index (χ0v) is 5.13. The van der Waals surface area contributed by atoms with Crippen LogP contribution in [0.25, 0.3) is 0 Å². The second-order valence-corrected chi connectivity index (χ2v) is 1.58. The van der Waals surface area contributed by atoms with Crippen LogP contribution >= 0.6 is 0 Å². The fourth-order valence-corrected chi connectivity index (χ4v) is 0.438. The van der Waals surface area contributed by atoms with Gasteiger partial charge in [0.25, 0.3) is 0 Å². The quantitative estimate of drug-likeness (QED) is 0.492. The first-order chi connectivity index (χ1) is 4.22. The van der Waals surface area contributed by atoms with Crippen molar-refractivity contribution in [1.29, 1.82) is 0 Å². The number of carboxylic acid groups (broad SMARTS) is 1. The van der Waals surface area contributed by atoms with Crippen LogP contribution in [0.5, 0.6) is 0 Å². The highest BCUT2D eigenvalue weighted by molar-refractivity contribution is 5.76. The first-order valence-corrected chi connectivity index (χ1v) is 2.56. The standard InChI is InChI=1S/C5H9NO3/c1-6-4(2-3-7)5(8)9/h3-4,6H,2H2,1H3,(H,8,9)/t4-/m1/s1. The summed E-state index contributed by atoms with van der Waals surface area (Å²) in [4.78, 5) is 19.9. The summed E-state index contributed by atoms with van der Waals surface area (Å²) in [6, 6.07) is -0.734. The zero-order valence-electron chi connectivity index (χ0n) is 5.13. The molecule has 1 atom stereocenters. The van der Waals surface area contributed by atoms with Crippen LogP contribution < -0.4 is 5.32 Å². The fourth-order valence-electron chi connectivity index (χ4n) is 0.438. The molecule has 4 nitrogen and oxygen atoms in total. The number of carbonyl (C=O) groups excluding carboxylic acids is 1. The van der Waals surface area contributed by atoms with Gasteiger partial charge in [0.15, 0.2) is 0 Å². The molecule has 9 heavy (non-hydrogen) atoms. The molecule has 0 radical (unpaired) electrons. The molecule has 0 aromatic heterocycles. The Morgan fingerprint density at radius 3 is 2.56 bits per heavy atom. The van der Waals surface area contributed by atoms with Crippen molar-refractivity contribution in [3.63, 3.8) is 0 Å². The molecule has 0 aromatic carbocycles. The predicted molar refractivity (Wildman–Crippen MR) is 31.2 cm³/mol. The highest BCUT2D eigenvalue weighted by Crippen LogP contribution is 1.85. The Kier molecular flexibility index (Phi) is 3.62. The Morgan fingerprint density at radius 2 is 2.44 bits per heavy atom. The van der Waals surface area contributed by atoms with Crippen LogP contribution in [0.3, 0.4) is 0 Å². The van der Waals surface area contributed by atoms with Gasteiger partial charge in [0.1, 0.15) is 12.3 Å². The summed E-state index contributed by atoms with van der Waals surface area (Å²) in [5.74, 6) is -0.996. The van der Waals surface area contributed by atoms with E-state index in [2.05, 4.69) is 5.32 Å². The van der Waals surface area contributed by atoms with Crippen LogP contribution in [0.2, 0.25) is 0 Å². The number of rotatable bonds is 4. The number of likely N-dealkylation sites (N-methyl/N-ethyl adjacent to an activating group) is 1. The van der Waals surface area contributed by atoms with Gasteiger partial charge in [-0.3, -0.25) is 4.79 Å². The van der Waals surface area contributed by atoms with Crippen LogP contribution in [0, 0.1) is 0 Å². The van der Waals surface area contributed by atoms with Crippen molar-refractivity contribution in [2.75, 3.05) is 7.05 Å². The number of nitrogens with one attached hydrogen (secondary N) is 1. The summed E-state index contributed by atoms with van der Waals surface area (Å²) in [7, 11) is 1.50. The first-order valence-electron chi connectivity index (χ1n) is 2.56. The van der Waals surface area contributed by atoms with E-state index in [9.17, 15) is 9.59 Å². The molecule has 0 aliphatic carbocycles. The van der Waals surface area contributed by atoms with Crippen LogP contribution in [-0.4, -0.2) is 30.5 Å². The Labute approximate surface area is 52.9 Å². The van der Waals surface area contributed by atoms with Gasteiger partial charge in [0.05, 0.1) is 0 Å². The van der Waals surface area contributed by atoms with Crippen LogP contribution in [0.1, 0.15) is 6.42 Å². The normalized spacial score (nSPS) is 12.6. The molecule has 0 aliphatic rings. The summed E-state index contributed by atoms with van der Waals surface area (Å²) in [5.41, 5.74) is 0. The van der Waals surface area contributed by atoms with E-state index in [1.165, 1.54) is 7.05 Å². The van der Waals surface area contributed by atoms with E-state index in [1.807, 2.05) is 0 Å². The van der Waals surface area contributed by atoms with Gasteiger partial charge < -0.3 is 15.2 Å². The van der Waals surface area contributed by atoms with Gasteiger partial charge in [0, 0.05) is 6.42 Å². The first kappa shape index (κ1) is 8.10. The van der Waals surface area contributed by atoms with Crippen LogP contribution in [0.15, 0.2) is 0 Å². The summed E-state index contributed by atoms with van der Waals surface area (Å²) >= 11 is 0. The molecular formula is C5H9NO3. The van der Waals surface area contributed by atoms with E-state index in [4.69, 9.17) is 5.11 Å². The lowest BCUT2D eigenvalue weighted by Gasteiger charge is -2.04. The highest BCUT2D eigenvalue weighted by Gasteiger charge is 2.12. The van der Waals surface area contributed by atoms with Gasteiger partial charge in [-0.05, 0) is 7.05 Å². The third-order valence-electron chi connectivity index (χ3n) is 0.978. The Morgan fingerprint density at radius 1 is 1.89 bits per heavy atom. The second-order valence-electron chi connectivity index (χ2n) is 1.58. The lowest BCUT2D eigenvalue weighted by atomic mass is 10.2. The molecule has 0 aromatic rings. The molecule has 0 fully saturated rings. The number of hydrogen-bond acceptors (Lipinski definition) is 3. The molecule has 4 heteroatoms. The van der Waals surface area contributed by atoms with E-state index in [-0.39, 0.29) is 6.42 Å². The van der Waals surface area contributed by atoms with Crippen molar-refractivity contribution < 1.29 is 14.7 Å². The second kappa shape index (κ2) is 4.03. The summed E-state index contributed by atoms with van der Waals surface area (Å²) < 4.78 is 0. The molecule has 2 N–H and O–H groups in total. The lowest BCUT2D eigenvalue weighted by molar-refractivity contribution is -0.140. The number of carbonyl (C=O) groups is 2. The van der Waals surface area contributed by atoms with Crippen molar-refractivity contribution in [1.82, 2.24) is 5.32 Å². The van der Waals surface area contributed by atoms with Crippen molar-refractivity contribution >= 4 is 12.3 Å². The maximum absolute atomic E-state index is 10.1. The lowest BCUT2D eigenvalue weighted by Crippen LogP contribution is -2.33. The molecular weight excluding hydrogens is 122 g/mol. The SMILES string of the molecule is CN[C@H](CC=O)C(=O)O. The van der Waals surface area contributed by atoms with E-state index < -0.39 is 12.0 Å². The average Bonchev–Trinajstić information content (AvgIpc) is 1.82. The van der Waals surface area contributed by atoms with E-state index in [1.54, 1.807) is 0 Å². The number of hydrogen-bond donors (Lipinski definition) is 2. The number of carboxylic acids is 1. The van der Waals surface area contributed by atoms with Gasteiger partial charge in [-0.1, -0.05) is 0 Å². The fraction of sp³-hybridized carbons (Fsp3) is 0.600. The van der Waals surface area contributed by atoms with E-state index >= 15 is 0 Å². The molecule has 0 saturated heterocycles. The van der Waals surface area contributed by atoms with Gasteiger partial charge in [-0.25, -0.2) is 0 Å². The summed E-state index contributed by atoms with van der Waals surface area (Å²) in [6.07, 6.45) is 0.598. The molecule has 0 spiro atoms. The van der Waals surface area contributed by atoms with Gasteiger partial charge in [0.2, 0.25) is 0 Å². The molecule has 0 bridgehead atoms. The van der Waals surface area contributed by atoms with Gasteiger partial charge in [-0.2, -0.15) is 0 Å². The minimum Gasteiger partial charge on any atom is -0.480 e. The molecule has 0 saturated carbocycles. The maximum Gasteiger partial charge on any atom is 0.321 e. The zero-order chi connectivity index (χ0) is 7.28. The van der Waals surface area contributed by atoms with Crippen molar-refractivity contribution in [2.45, 2.75) is 12.5 Å². The maximum atomic E-state index is 10.1. The third kappa shape index (κ3) is 2.81. The van der Waals surface area contributed by atoms with E-state index in [0.717, 1.165) is 0 Å². The van der Waals surface area contributed by atoms with Crippen molar-refractivity contribution in [2.24, 2.45) is 0 Å². The van der Waals surface area contributed by atoms with Gasteiger partial charge >= 0.3 is 5.97 Å². The minimum atomic E-state index is -0.996. The van der Waals surface area contributed by atoms with Crippen molar-refractivity contribution in [3.05, 3.63) is 0 Å². The minimum absolute atomic E-state index is 0.0197. The van der Waals surface area contributed by atoms with Crippen molar-refractivity contribution in [3.8, 4) is 0 Å². The average molecular weight is 131 g/mol. The molecule has 0 amide bonds. The smallest absolute Gasteiger partial charge is 0.321 e. The Bertz CT molecular complexity index is 113. The topological polar surface area (TPSA) is 66.4 Å². The predicted octanol–water partition coefficient (Wildman–Crippen LogP) is -0.752. The third-order valence-corrected chi connectivity index (χ3v) is 0.978. The molecule has 0 unspecified atom stereocenters. The number of aliphatic carboxylic acids is 1. The number of aldehydes is 1. The van der Waals surface area contributed by atoms with E-state index in [0.29, 0.717) is 6.29 Å². The molecule has 0 heterocycles. The van der Waals surface area contributed by atoms with Crippen LogP contribution in [-0.2, 0) is 9.59 Å². The Balaban J connectivity index is 3.67. The highest BCUT2D eigenvalue weighted by atomic mass is 16.4.